The van der Waals surface area contributed by atoms with E-state index in [-0.39, 0.29) is 12.1 Å². The number of carbonyl (C=O) groups is 1. The van der Waals surface area contributed by atoms with E-state index in [4.69, 9.17) is 5.11 Å². The number of aliphatic hydroxyl groups is 1. The first kappa shape index (κ1) is 9.46. The molecule has 6 unspecified atom stereocenters. The molecule has 0 spiro atoms. The van der Waals surface area contributed by atoms with E-state index in [0.717, 1.165) is 19.3 Å². The van der Waals surface area contributed by atoms with Crippen molar-refractivity contribution in [3.05, 3.63) is 0 Å². The van der Waals surface area contributed by atoms with Crippen LogP contribution in [0.1, 0.15) is 25.7 Å². The van der Waals surface area contributed by atoms with E-state index < -0.39 is 6.09 Å². The standard InChI is InChI=1S/C11H17NO3/c13-6-3-7-5-1-9(8(7)4-6)10(2-5)12-11(14)15/h5-10,12-13H,1-4H2,(H,14,15). The highest BCUT2D eigenvalue weighted by Crippen LogP contribution is 2.58. The fourth-order valence-corrected chi connectivity index (χ4v) is 4.37. The van der Waals surface area contributed by atoms with Crippen LogP contribution in [0.4, 0.5) is 4.79 Å². The molecule has 0 aromatic carbocycles. The average Bonchev–Trinajstić information content (AvgIpc) is 2.72. The molecule has 0 heterocycles. The molecule has 4 heteroatoms. The lowest BCUT2D eigenvalue weighted by molar-refractivity contribution is 0.162. The topological polar surface area (TPSA) is 69.6 Å². The summed E-state index contributed by atoms with van der Waals surface area (Å²) < 4.78 is 0. The van der Waals surface area contributed by atoms with Crippen molar-refractivity contribution in [1.82, 2.24) is 5.32 Å². The fourth-order valence-electron chi connectivity index (χ4n) is 4.37. The van der Waals surface area contributed by atoms with Gasteiger partial charge in [0, 0.05) is 6.04 Å². The van der Waals surface area contributed by atoms with Crippen molar-refractivity contribution in [2.24, 2.45) is 23.7 Å². The maximum Gasteiger partial charge on any atom is 0.404 e. The van der Waals surface area contributed by atoms with Crippen LogP contribution < -0.4 is 5.32 Å². The summed E-state index contributed by atoms with van der Waals surface area (Å²) in [6.45, 7) is 0. The molecule has 3 saturated carbocycles. The minimum atomic E-state index is -0.900. The lowest BCUT2D eigenvalue weighted by atomic mass is 9.79. The van der Waals surface area contributed by atoms with E-state index in [9.17, 15) is 9.90 Å². The van der Waals surface area contributed by atoms with Crippen LogP contribution in [0.3, 0.4) is 0 Å². The number of fused-ring (bicyclic) bond motifs is 5. The fraction of sp³-hybridized carbons (Fsp3) is 0.909. The van der Waals surface area contributed by atoms with Crippen molar-refractivity contribution < 1.29 is 15.0 Å². The van der Waals surface area contributed by atoms with E-state index in [1.807, 2.05) is 0 Å². The van der Waals surface area contributed by atoms with Gasteiger partial charge in [0.2, 0.25) is 0 Å². The first-order chi connectivity index (χ1) is 7.15. The number of amides is 1. The van der Waals surface area contributed by atoms with E-state index in [1.165, 1.54) is 6.42 Å². The van der Waals surface area contributed by atoms with Crippen LogP contribution in [-0.2, 0) is 0 Å². The van der Waals surface area contributed by atoms with E-state index in [0.29, 0.717) is 23.7 Å². The quantitative estimate of drug-likeness (QED) is 0.607. The maximum absolute atomic E-state index is 10.6. The molecule has 3 aliphatic rings. The number of hydrogen-bond donors (Lipinski definition) is 3. The summed E-state index contributed by atoms with van der Waals surface area (Å²) in [4.78, 5) is 10.6. The molecule has 84 valence electrons. The third kappa shape index (κ3) is 1.34. The Hall–Kier alpha value is -0.770. The van der Waals surface area contributed by atoms with Gasteiger partial charge in [-0.25, -0.2) is 4.79 Å². The van der Waals surface area contributed by atoms with Crippen LogP contribution in [0.25, 0.3) is 0 Å². The summed E-state index contributed by atoms with van der Waals surface area (Å²) in [7, 11) is 0. The Morgan fingerprint density at radius 3 is 2.53 bits per heavy atom. The first-order valence-electron chi connectivity index (χ1n) is 5.82. The first-order valence-corrected chi connectivity index (χ1v) is 5.82. The van der Waals surface area contributed by atoms with Crippen molar-refractivity contribution in [3.8, 4) is 0 Å². The van der Waals surface area contributed by atoms with Gasteiger partial charge < -0.3 is 15.5 Å². The van der Waals surface area contributed by atoms with Gasteiger partial charge >= 0.3 is 6.09 Å². The van der Waals surface area contributed by atoms with Crippen LogP contribution in [0, 0.1) is 23.7 Å². The zero-order valence-corrected chi connectivity index (χ0v) is 8.60. The number of nitrogens with one attached hydrogen (secondary N) is 1. The third-order valence-electron chi connectivity index (χ3n) is 4.75. The summed E-state index contributed by atoms with van der Waals surface area (Å²) in [5.41, 5.74) is 0. The lowest BCUT2D eigenvalue weighted by Gasteiger charge is -2.30. The average molecular weight is 211 g/mol. The Bertz CT molecular complexity index is 294. The van der Waals surface area contributed by atoms with Gasteiger partial charge in [0.15, 0.2) is 0 Å². The number of aliphatic hydroxyl groups excluding tert-OH is 1. The molecule has 0 aliphatic heterocycles. The second kappa shape index (κ2) is 3.11. The van der Waals surface area contributed by atoms with Gasteiger partial charge in [-0.05, 0) is 49.4 Å². The Morgan fingerprint density at radius 2 is 1.80 bits per heavy atom. The second-order valence-electron chi connectivity index (χ2n) is 5.40. The Labute approximate surface area is 88.7 Å². The highest BCUT2D eigenvalue weighted by atomic mass is 16.4. The molecule has 3 aliphatic carbocycles. The Kier molecular flexibility index (Phi) is 1.96. The molecule has 15 heavy (non-hydrogen) atoms. The summed E-state index contributed by atoms with van der Waals surface area (Å²) in [5.74, 6) is 2.41. The zero-order valence-electron chi connectivity index (χ0n) is 8.60. The molecular formula is C11H17NO3. The Morgan fingerprint density at radius 1 is 1.07 bits per heavy atom. The molecule has 3 N–H and O–H groups in total. The maximum atomic E-state index is 10.6. The largest absolute Gasteiger partial charge is 0.465 e. The van der Waals surface area contributed by atoms with Crippen molar-refractivity contribution >= 4 is 6.09 Å². The molecule has 1 amide bonds. The monoisotopic (exact) mass is 211 g/mol. The van der Waals surface area contributed by atoms with Crippen molar-refractivity contribution in [2.75, 3.05) is 0 Å². The third-order valence-corrected chi connectivity index (χ3v) is 4.75. The van der Waals surface area contributed by atoms with Crippen molar-refractivity contribution in [3.63, 3.8) is 0 Å². The lowest BCUT2D eigenvalue weighted by Crippen LogP contribution is -2.41. The second-order valence-corrected chi connectivity index (χ2v) is 5.40. The van der Waals surface area contributed by atoms with Gasteiger partial charge in [-0.15, -0.1) is 0 Å². The summed E-state index contributed by atoms with van der Waals surface area (Å²) in [5, 5.41) is 21.0. The van der Waals surface area contributed by atoms with E-state index >= 15 is 0 Å². The van der Waals surface area contributed by atoms with Crippen molar-refractivity contribution in [1.29, 1.82) is 0 Å². The molecule has 2 bridgehead atoms. The predicted molar refractivity (Wildman–Crippen MR) is 53.4 cm³/mol. The molecule has 6 atom stereocenters. The van der Waals surface area contributed by atoms with E-state index in [2.05, 4.69) is 5.32 Å². The van der Waals surface area contributed by atoms with Crippen LogP contribution in [-0.4, -0.2) is 28.5 Å². The molecule has 3 rings (SSSR count). The molecule has 3 fully saturated rings. The van der Waals surface area contributed by atoms with Crippen LogP contribution in [0.2, 0.25) is 0 Å². The van der Waals surface area contributed by atoms with Gasteiger partial charge in [0.05, 0.1) is 6.10 Å². The molecular weight excluding hydrogens is 194 g/mol. The highest BCUT2D eigenvalue weighted by Gasteiger charge is 2.55. The number of hydrogen-bond acceptors (Lipinski definition) is 2. The van der Waals surface area contributed by atoms with Crippen LogP contribution in [0.15, 0.2) is 0 Å². The van der Waals surface area contributed by atoms with E-state index in [1.54, 1.807) is 0 Å². The van der Waals surface area contributed by atoms with Gasteiger partial charge in [-0.3, -0.25) is 0 Å². The molecule has 0 aromatic heterocycles. The predicted octanol–water partition coefficient (Wildman–Crippen LogP) is 1.05. The zero-order chi connectivity index (χ0) is 10.6. The van der Waals surface area contributed by atoms with Crippen molar-refractivity contribution in [2.45, 2.75) is 37.8 Å². The smallest absolute Gasteiger partial charge is 0.404 e. The van der Waals surface area contributed by atoms with Crippen LogP contribution >= 0.6 is 0 Å². The molecule has 0 saturated heterocycles. The molecule has 4 nitrogen and oxygen atoms in total. The highest BCUT2D eigenvalue weighted by molar-refractivity contribution is 5.65. The van der Waals surface area contributed by atoms with Gasteiger partial charge in [0.25, 0.3) is 0 Å². The van der Waals surface area contributed by atoms with Gasteiger partial charge in [-0.2, -0.15) is 0 Å². The number of rotatable bonds is 1. The van der Waals surface area contributed by atoms with Gasteiger partial charge in [0.1, 0.15) is 0 Å². The molecule has 0 radical (unpaired) electrons. The SMILES string of the molecule is O=C(O)NC1CC2CC1C1CC(O)CC21. The summed E-state index contributed by atoms with van der Waals surface area (Å²) in [6.07, 6.45) is 2.98. The minimum Gasteiger partial charge on any atom is -0.465 e. The summed E-state index contributed by atoms with van der Waals surface area (Å²) >= 11 is 0. The number of carboxylic acid groups (broad SMARTS) is 1. The molecule has 0 aromatic rings. The van der Waals surface area contributed by atoms with Gasteiger partial charge in [-0.1, -0.05) is 0 Å². The normalized spacial score (nSPS) is 51.8. The van der Waals surface area contributed by atoms with Crippen LogP contribution in [0.5, 0.6) is 0 Å². The minimum absolute atomic E-state index is 0.131. The summed E-state index contributed by atoms with van der Waals surface area (Å²) in [6, 6.07) is 0.152. The Balaban J connectivity index is 1.73.